The van der Waals surface area contributed by atoms with Gasteiger partial charge in [0.2, 0.25) is 10.0 Å². The Kier molecular flexibility index (Phi) is 6.24. The van der Waals surface area contributed by atoms with E-state index in [4.69, 9.17) is 10.4 Å². The van der Waals surface area contributed by atoms with Crippen molar-refractivity contribution in [2.45, 2.75) is 24.3 Å². The largest absolute Gasteiger partial charge is 0.480 e. The minimum atomic E-state index is -3.77. The van der Waals surface area contributed by atoms with Gasteiger partial charge >= 0.3 is 5.97 Å². The zero-order chi connectivity index (χ0) is 17.6. The number of carbonyl (C=O) groups excluding carboxylic acids is 1. The maximum atomic E-state index is 12.4. The second-order valence-electron chi connectivity index (χ2n) is 4.83. The summed E-state index contributed by atoms with van der Waals surface area (Å²) in [4.78, 5) is 22.0. The molecular formula is C14H17N3O5S. The van der Waals surface area contributed by atoms with E-state index in [0.717, 1.165) is 4.31 Å². The Bertz CT molecular complexity index is 722. The van der Waals surface area contributed by atoms with E-state index in [9.17, 15) is 18.0 Å². The molecule has 1 atom stereocenters. The summed E-state index contributed by atoms with van der Waals surface area (Å²) in [5, 5.41) is 19.3. The van der Waals surface area contributed by atoms with Crippen LogP contribution in [0.4, 0.5) is 0 Å². The van der Waals surface area contributed by atoms with Gasteiger partial charge in [-0.05, 0) is 31.2 Å². The van der Waals surface area contributed by atoms with Gasteiger partial charge in [-0.1, -0.05) is 0 Å². The van der Waals surface area contributed by atoms with Crippen molar-refractivity contribution >= 4 is 21.9 Å². The molecule has 0 saturated heterocycles. The summed E-state index contributed by atoms with van der Waals surface area (Å²) >= 11 is 0. The van der Waals surface area contributed by atoms with Crippen LogP contribution in [-0.4, -0.2) is 49.3 Å². The number of aliphatic carboxylic acids is 1. The molecule has 0 saturated carbocycles. The predicted molar refractivity (Wildman–Crippen MR) is 81.1 cm³/mol. The minimum Gasteiger partial charge on any atom is -0.480 e. The lowest BCUT2D eigenvalue weighted by Crippen LogP contribution is -2.35. The van der Waals surface area contributed by atoms with Crippen molar-refractivity contribution in [3.05, 3.63) is 29.8 Å². The van der Waals surface area contributed by atoms with Crippen molar-refractivity contribution < 1.29 is 23.1 Å². The number of rotatable bonds is 7. The van der Waals surface area contributed by atoms with Gasteiger partial charge in [-0.2, -0.15) is 9.57 Å². The third kappa shape index (κ3) is 4.77. The Balaban J connectivity index is 2.93. The maximum absolute atomic E-state index is 12.4. The molecule has 1 amide bonds. The monoisotopic (exact) mass is 339 g/mol. The summed E-state index contributed by atoms with van der Waals surface area (Å²) < 4.78 is 25.9. The average molecular weight is 339 g/mol. The molecule has 9 heteroatoms. The molecule has 0 heterocycles. The lowest BCUT2D eigenvalue weighted by atomic mass is 10.2. The molecule has 0 fully saturated rings. The SMILES string of the molecule is CC(CC#N)N(C)S(=O)(=O)c1ccc(C(=O)NCC(=O)O)cc1. The fourth-order valence-electron chi connectivity index (χ4n) is 1.70. The zero-order valence-corrected chi connectivity index (χ0v) is 13.5. The molecule has 0 aromatic heterocycles. The molecule has 2 N–H and O–H groups in total. The van der Waals surface area contributed by atoms with Gasteiger partial charge in [-0.15, -0.1) is 0 Å². The van der Waals surface area contributed by atoms with Crippen LogP contribution in [0.15, 0.2) is 29.2 Å². The molecule has 0 aliphatic heterocycles. The molecule has 1 aromatic carbocycles. The fraction of sp³-hybridized carbons (Fsp3) is 0.357. The van der Waals surface area contributed by atoms with Gasteiger partial charge < -0.3 is 10.4 Å². The molecule has 0 aliphatic carbocycles. The van der Waals surface area contributed by atoms with Gasteiger partial charge in [-0.3, -0.25) is 9.59 Å². The van der Waals surface area contributed by atoms with Crippen LogP contribution in [0, 0.1) is 11.3 Å². The summed E-state index contributed by atoms with van der Waals surface area (Å²) in [6, 6.07) is 6.56. The molecule has 1 rings (SSSR count). The Hall–Kier alpha value is -2.44. The van der Waals surface area contributed by atoms with Gasteiger partial charge in [0.15, 0.2) is 0 Å². The standard InChI is InChI=1S/C14H17N3O5S/c1-10(7-8-15)17(2)23(21,22)12-5-3-11(4-6-12)14(20)16-9-13(18)19/h3-6,10H,7,9H2,1-2H3,(H,16,20)(H,18,19). The van der Waals surface area contributed by atoms with Crippen molar-refractivity contribution in [2.75, 3.05) is 13.6 Å². The van der Waals surface area contributed by atoms with Crippen LogP contribution >= 0.6 is 0 Å². The van der Waals surface area contributed by atoms with Gasteiger partial charge in [-0.25, -0.2) is 8.42 Å². The van der Waals surface area contributed by atoms with E-state index in [2.05, 4.69) is 5.32 Å². The van der Waals surface area contributed by atoms with E-state index >= 15 is 0 Å². The van der Waals surface area contributed by atoms with E-state index in [1.807, 2.05) is 6.07 Å². The van der Waals surface area contributed by atoms with E-state index in [1.54, 1.807) is 6.92 Å². The van der Waals surface area contributed by atoms with Gasteiger partial charge in [0.05, 0.1) is 17.4 Å². The second kappa shape index (κ2) is 7.71. The average Bonchev–Trinajstić information content (AvgIpc) is 2.52. The summed E-state index contributed by atoms with van der Waals surface area (Å²) in [7, 11) is -2.39. The highest BCUT2D eigenvalue weighted by molar-refractivity contribution is 7.89. The first-order chi connectivity index (χ1) is 10.7. The van der Waals surface area contributed by atoms with E-state index in [1.165, 1.54) is 31.3 Å². The third-order valence-electron chi connectivity index (χ3n) is 3.20. The number of hydrogen-bond donors (Lipinski definition) is 2. The van der Waals surface area contributed by atoms with Crippen molar-refractivity contribution in [3.8, 4) is 6.07 Å². The van der Waals surface area contributed by atoms with Gasteiger partial charge in [0.25, 0.3) is 5.91 Å². The van der Waals surface area contributed by atoms with Crippen LogP contribution < -0.4 is 5.32 Å². The molecular weight excluding hydrogens is 322 g/mol. The lowest BCUT2D eigenvalue weighted by molar-refractivity contribution is -0.135. The molecule has 0 bridgehead atoms. The lowest BCUT2D eigenvalue weighted by Gasteiger charge is -2.22. The molecule has 0 aliphatic rings. The summed E-state index contributed by atoms with van der Waals surface area (Å²) in [6.07, 6.45) is 0.0609. The number of benzene rings is 1. The Morgan fingerprint density at radius 2 is 1.91 bits per heavy atom. The number of nitrogens with zero attached hydrogens (tertiary/aromatic N) is 2. The molecule has 23 heavy (non-hydrogen) atoms. The number of hydrogen-bond acceptors (Lipinski definition) is 5. The van der Waals surface area contributed by atoms with Gasteiger partial charge in [0, 0.05) is 18.7 Å². The van der Waals surface area contributed by atoms with Crippen LogP contribution in [0.1, 0.15) is 23.7 Å². The van der Waals surface area contributed by atoms with Crippen LogP contribution in [0.5, 0.6) is 0 Å². The van der Waals surface area contributed by atoms with Crippen LogP contribution in [0.3, 0.4) is 0 Å². The molecule has 0 radical (unpaired) electrons. The molecule has 0 spiro atoms. The highest BCUT2D eigenvalue weighted by Gasteiger charge is 2.25. The number of carbonyl (C=O) groups is 2. The van der Waals surface area contributed by atoms with Crippen LogP contribution in [-0.2, 0) is 14.8 Å². The topological polar surface area (TPSA) is 128 Å². The smallest absolute Gasteiger partial charge is 0.322 e. The fourth-order valence-corrected chi connectivity index (χ4v) is 3.06. The number of carboxylic acids is 1. The molecule has 124 valence electrons. The first-order valence-electron chi connectivity index (χ1n) is 6.65. The summed E-state index contributed by atoms with van der Waals surface area (Å²) in [5.41, 5.74) is 0.151. The minimum absolute atomic E-state index is 0.0143. The first kappa shape index (κ1) is 18.6. The Labute approximate surface area is 134 Å². The van der Waals surface area contributed by atoms with Crippen molar-refractivity contribution in [2.24, 2.45) is 0 Å². The molecule has 1 aromatic rings. The number of nitriles is 1. The number of sulfonamides is 1. The summed E-state index contributed by atoms with van der Waals surface area (Å²) in [6.45, 7) is 1.10. The normalized spacial score (nSPS) is 12.4. The Morgan fingerprint density at radius 3 is 2.39 bits per heavy atom. The highest BCUT2D eigenvalue weighted by Crippen LogP contribution is 2.18. The van der Waals surface area contributed by atoms with E-state index in [-0.39, 0.29) is 16.9 Å². The van der Waals surface area contributed by atoms with Crippen LogP contribution in [0.2, 0.25) is 0 Å². The second-order valence-corrected chi connectivity index (χ2v) is 6.83. The van der Waals surface area contributed by atoms with Crippen LogP contribution in [0.25, 0.3) is 0 Å². The van der Waals surface area contributed by atoms with Crippen molar-refractivity contribution in [3.63, 3.8) is 0 Å². The van der Waals surface area contributed by atoms with E-state index < -0.39 is 34.5 Å². The van der Waals surface area contributed by atoms with Crippen molar-refractivity contribution in [1.82, 2.24) is 9.62 Å². The van der Waals surface area contributed by atoms with Gasteiger partial charge in [0.1, 0.15) is 6.54 Å². The Morgan fingerprint density at radius 1 is 1.35 bits per heavy atom. The third-order valence-corrected chi connectivity index (χ3v) is 5.19. The molecule has 1 unspecified atom stereocenters. The maximum Gasteiger partial charge on any atom is 0.322 e. The highest BCUT2D eigenvalue weighted by atomic mass is 32.2. The number of nitrogens with one attached hydrogen (secondary N) is 1. The predicted octanol–water partition coefficient (Wildman–Crippen LogP) is 0.424. The van der Waals surface area contributed by atoms with E-state index in [0.29, 0.717) is 0 Å². The summed E-state index contributed by atoms with van der Waals surface area (Å²) in [5.74, 6) is -1.78. The van der Waals surface area contributed by atoms with Crippen molar-refractivity contribution in [1.29, 1.82) is 5.26 Å². The number of amides is 1. The quantitative estimate of drug-likeness (QED) is 0.741. The zero-order valence-electron chi connectivity index (χ0n) is 12.7. The number of carboxylic acid groups (broad SMARTS) is 1. The molecule has 8 nitrogen and oxygen atoms in total. The first-order valence-corrected chi connectivity index (χ1v) is 8.09.